The molecule has 0 aromatic rings. The van der Waals surface area contributed by atoms with Crippen molar-refractivity contribution in [1.29, 1.82) is 0 Å². The van der Waals surface area contributed by atoms with Crippen LogP contribution >= 0.6 is 7.80 Å². The molecule has 4 fully saturated rings. The summed E-state index contributed by atoms with van der Waals surface area (Å²) in [5.41, 5.74) is 1.19. The van der Waals surface area contributed by atoms with Gasteiger partial charge in [-0.05, 0) is 101 Å². The first-order valence-electron chi connectivity index (χ1n) is 24.1. The molecular weight excluding hydrogens is 866 g/mol. The summed E-state index contributed by atoms with van der Waals surface area (Å²) in [4.78, 5) is 72.4. The highest BCUT2D eigenvalue weighted by atomic mass is 31.1. The highest BCUT2D eigenvalue weighted by Crippen LogP contribution is 2.47. The van der Waals surface area contributed by atoms with Crippen molar-refractivity contribution in [3.05, 3.63) is 47.6 Å². The molecule has 368 valence electrons. The Morgan fingerprint density at radius 1 is 0.879 bits per heavy atom. The van der Waals surface area contributed by atoms with Gasteiger partial charge in [0.15, 0.2) is 11.4 Å². The number of Topliss-reactive ketones (excluding diaryl/α,β-unsaturated/α-hetero) is 3. The molecule has 5 rings (SSSR count). The monoisotopic (exact) mass is 943 g/mol. The molecule has 5 aliphatic rings. The summed E-state index contributed by atoms with van der Waals surface area (Å²) in [5, 5.41) is 23.5. The summed E-state index contributed by atoms with van der Waals surface area (Å²) in [6, 6.07) is -1.13. The Morgan fingerprint density at radius 3 is 2.27 bits per heavy atom. The second-order valence-electron chi connectivity index (χ2n) is 20.1. The fourth-order valence-corrected chi connectivity index (χ4v) is 12.6. The second kappa shape index (κ2) is 23.9. The Labute approximate surface area is 393 Å². The maximum Gasteiger partial charge on any atom is 0.341 e. The van der Waals surface area contributed by atoms with E-state index in [0.29, 0.717) is 63.4 Å². The van der Waals surface area contributed by atoms with Gasteiger partial charge in [-0.1, -0.05) is 68.7 Å². The predicted molar refractivity (Wildman–Crippen MR) is 250 cm³/mol. The van der Waals surface area contributed by atoms with E-state index in [4.69, 9.17) is 23.7 Å². The number of amides is 1. The smallest absolute Gasteiger partial charge is 0.341 e. The van der Waals surface area contributed by atoms with Crippen LogP contribution in [0.25, 0.3) is 0 Å². The summed E-state index contributed by atoms with van der Waals surface area (Å²) in [6.07, 6.45) is 11.9. The van der Waals surface area contributed by atoms with E-state index in [1.165, 1.54) is 12.0 Å². The van der Waals surface area contributed by atoms with Crippen molar-refractivity contribution in [2.75, 3.05) is 34.5 Å². The van der Waals surface area contributed by atoms with E-state index in [-0.39, 0.29) is 54.0 Å². The van der Waals surface area contributed by atoms with E-state index in [2.05, 4.69) is 0 Å². The van der Waals surface area contributed by atoms with Crippen LogP contribution in [0.4, 0.5) is 0 Å². The summed E-state index contributed by atoms with van der Waals surface area (Å²) in [5.74, 6) is -8.42. The number of aliphatic hydroxyl groups is 2. The normalized spacial score (nSPS) is 41.6. The van der Waals surface area contributed by atoms with Crippen molar-refractivity contribution in [3.8, 4) is 0 Å². The second-order valence-corrected chi connectivity index (χ2v) is 21.8. The zero-order valence-electron chi connectivity index (χ0n) is 40.9. The number of esters is 1. The van der Waals surface area contributed by atoms with Crippen LogP contribution < -0.4 is 0 Å². The highest BCUT2D eigenvalue weighted by molar-refractivity contribution is 7.44. The minimum absolute atomic E-state index is 0.0209. The first-order chi connectivity index (χ1) is 31.2. The van der Waals surface area contributed by atoms with Crippen molar-refractivity contribution in [3.63, 3.8) is 0 Å². The molecule has 1 aliphatic carbocycles. The van der Waals surface area contributed by atoms with Gasteiger partial charge in [0.25, 0.3) is 11.7 Å². The van der Waals surface area contributed by atoms with Gasteiger partial charge in [0.2, 0.25) is 5.79 Å². The lowest BCUT2D eigenvalue weighted by atomic mass is 9.68. The first kappa shape index (κ1) is 53.7. The third kappa shape index (κ3) is 12.5. The van der Waals surface area contributed by atoms with Gasteiger partial charge in [0, 0.05) is 64.4 Å². The largest absolute Gasteiger partial charge is 0.460 e. The molecule has 0 aromatic carbocycles. The Balaban J connectivity index is 1.51. The number of ether oxygens (including phenoxy) is 5. The fourth-order valence-electron chi connectivity index (χ4n) is 11.3. The van der Waals surface area contributed by atoms with Crippen LogP contribution in [0, 0.1) is 41.4 Å². The number of ketones is 3. The maximum atomic E-state index is 14.5. The van der Waals surface area contributed by atoms with Crippen molar-refractivity contribution in [2.24, 2.45) is 41.4 Å². The van der Waals surface area contributed by atoms with Crippen LogP contribution in [0.15, 0.2) is 47.6 Å². The van der Waals surface area contributed by atoms with E-state index in [1.807, 2.05) is 51.2 Å². The molecule has 4 unspecified atom stereocenters. The molecule has 3 saturated heterocycles. The standard InChI is InChI=1S/C51H77NO13P/c1-29-15-12-11-13-16-30(2)40(61-7)27-36-20-18-34(6)51(59,65-36)48(56)49(57)52-22-14-17-37-38(25-35-19-21-43(66(10)60)42(26-35)62-8)41(64-50(58)44(37)52)28-39(53)31(3)24-33(5)46(55)47(63-9)45(54)32(4)23-29/h11-13,15-16,24,29,31-32,34-38,40-44,46-47,55,59H,14,17-23,25-28H2,1-10H3/q+1/b13-11+,15-12+,30-16?,33-24+/t29?,31-,32-,34-,35+,36+,37-,38?,40+,41+,42-,43?,44+,46-,47+,51-/m1/s1. The van der Waals surface area contributed by atoms with Gasteiger partial charge in [0.05, 0.1) is 12.2 Å². The van der Waals surface area contributed by atoms with Crippen LogP contribution in [0.3, 0.4) is 0 Å². The summed E-state index contributed by atoms with van der Waals surface area (Å²) < 4.78 is 42.4. The Bertz CT molecular complexity index is 1890. The zero-order chi connectivity index (χ0) is 48.6. The molecule has 4 heterocycles. The average Bonchev–Trinajstić information content (AvgIpc) is 3.29. The molecular formula is C51H77NO13P+. The van der Waals surface area contributed by atoms with Crippen molar-refractivity contribution >= 4 is 37.0 Å². The third-order valence-electron chi connectivity index (χ3n) is 15.4. The van der Waals surface area contributed by atoms with Crippen LogP contribution in [-0.4, -0.2) is 133 Å². The fraction of sp³-hybridized carbons (Fsp3) is 0.745. The van der Waals surface area contributed by atoms with E-state index in [1.54, 1.807) is 47.7 Å². The van der Waals surface area contributed by atoms with Crippen LogP contribution in [0.1, 0.15) is 112 Å². The van der Waals surface area contributed by atoms with Gasteiger partial charge in [-0.25, -0.2) is 4.79 Å². The predicted octanol–water partition coefficient (Wildman–Crippen LogP) is 6.87. The molecule has 0 radical (unpaired) electrons. The third-order valence-corrected chi connectivity index (χ3v) is 16.9. The maximum absolute atomic E-state index is 14.5. The topological polar surface area (TPSA) is 192 Å². The zero-order valence-corrected chi connectivity index (χ0v) is 41.8. The molecule has 1 amide bonds. The summed E-state index contributed by atoms with van der Waals surface area (Å²) in [6.45, 7) is 12.6. The van der Waals surface area contributed by atoms with Gasteiger partial charge in [0.1, 0.15) is 42.9 Å². The minimum atomic E-state index is -2.44. The van der Waals surface area contributed by atoms with E-state index < -0.39 is 91.5 Å². The van der Waals surface area contributed by atoms with E-state index in [9.17, 15) is 38.8 Å². The lowest BCUT2D eigenvalue weighted by molar-refractivity contribution is -0.266. The lowest BCUT2D eigenvalue weighted by Crippen LogP contribution is -2.65. The number of hydrogen-bond acceptors (Lipinski definition) is 13. The van der Waals surface area contributed by atoms with Gasteiger partial charge in [-0.15, -0.1) is 0 Å². The number of fused-ring (bicyclic) bond motifs is 4. The van der Waals surface area contributed by atoms with E-state index in [0.717, 1.165) is 12.0 Å². The number of nitrogens with zero attached hydrogens (tertiary/aromatic N) is 1. The Hall–Kier alpha value is -3.23. The highest BCUT2D eigenvalue weighted by Gasteiger charge is 2.57. The van der Waals surface area contributed by atoms with E-state index >= 15 is 0 Å². The lowest BCUT2D eigenvalue weighted by Gasteiger charge is -2.50. The molecule has 15 heteroatoms. The molecule has 66 heavy (non-hydrogen) atoms. The number of carbonyl (C=O) groups excluding carboxylic acids is 5. The number of piperidine rings is 1. The SMILES string of the molecule is CO[C@H]1C[C@@H]2CC[C@@H](C)[C@@](O)(O2)C(=O)C(=O)N2CCC[C@@H]3C(C[C@@H]4CCC([P+](C)=O)[C@H](OC)C4)[C@H](CC(=O)[C@H](C)/C=C(\C)[C@@H](O)[C@@H](OC)C(=O)[C@H](C)CC(C)/C=C/C=C/C=C1C)OC(=O)[C@H]32. The van der Waals surface area contributed by atoms with Crippen molar-refractivity contribution < 1.29 is 62.4 Å². The van der Waals surface area contributed by atoms with Crippen LogP contribution in [-0.2, 0) is 52.2 Å². The van der Waals surface area contributed by atoms with Crippen LogP contribution in [0.2, 0.25) is 0 Å². The van der Waals surface area contributed by atoms with Gasteiger partial charge >= 0.3 is 13.8 Å². The Kier molecular flexibility index (Phi) is 19.4. The van der Waals surface area contributed by atoms with Crippen molar-refractivity contribution in [2.45, 2.75) is 166 Å². The number of carbonyl (C=O) groups is 5. The van der Waals surface area contributed by atoms with Gasteiger partial charge in [-0.3, -0.25) is 19.2 Å². The van der Waals surface area contributed by atoms with Gasteiger partial charge in [-0.2, -0.15) is 0 Å². The van der Waals surface area contributed by atoms with Crippen LogP contribution in [0.5, 0.6) is 0 Å². The summed E-state index contributed by atoms with van der Waals surface area (Å²) >= 11 is 0. The molecule has 0 aromatic heterocycles. The summed E-state index contributed by atoms with van der Waals surface area (Å²) in [7, 11) is 3.10. The molecule has 0 spiro atoms. The number of methoxy groups -OCH3 is 3. The molecule has 4 bridgehead atoms. The number of rotatable bonds is 6. The number of aliphatic hydroxyl groups excluding tert-OH is 1. The average molecular weight is 943 g/mol. The molecule has 4 aliphatic heterocycles. The quantitative estimate of drug-likeness (QED) is 0.122. The molecule has 17 atom stereocenters. The molecule has 14 nitrogen and oxygen atoms in total. The minimum Gasteiger partial charge on any atom is -0.460 e. The molecule has 2 N–H and O–H groups in total. The Morgan fingerprint density at radius 2 is 1.61 bits per heavy atom. The van der Waals surface area contributed by atoms with Gasteiger partial charge < -0.3 is 38.8 Å². The van der Waals surface area contributed by atoms with Crippen molar-refractivity contribution in [1.82, 2.24) is 4.90 Å². The number of hydrogen-bond donors (Lipinski definition) is 2. The molecule has 1 saturated carbocycles. The number of allylic oxidation sites excluding steroid dienone is 6. The first-order valence-corrected chi connectivity index (χ1v) is 25.9.